The fourth-order valence-corrected chi connectivity index (χ4v) is 2.95. The summed E-state index contributed by atoms with van der Waals surface area (Å²) in [5.41, 5.74) is 0.410. The zero-order valence-electron chi connectivity index (χ0n) is 13.6. The number of carbonyl (C=O) groups is 3. The number of halogens is 2. The normalized spacial score (nSPS) is 14.5. The van der Waals surface area contributed by atoms with Gasteiger partial charge in [-0.1, -0.05) is 23.2 Å². The molecule has 8 heteroatoms. The Bertz CT molecular complexity index is 658. The third-order valence-electron chi connectivity index (χ3n) is 3.95. The average Bonchev–Trinajstić information content (AvgIpc) is 2.54. The Morgan fingerprint density at radius 2 is 1.62 bits per heavy atom. The lowest BCUT2D eigenvalue weighted by atomic mass is 10.2. The van der Waals surface area contributed by atoms with Gasteiger partial charge < -0.3 is 14.7 Å². The first-order valence-electron chi connectivity index (χ1n) is 7.56. The monoisotopic (exact) mass is 371 g/mol. The van der Waals surface area contributed by atoms with Crippen molar-refractivity contribution < 1.29 is 14.4 Å². The van der Waals surface area contributed by atoms with Gasteiger partial charge >= 0.3 is 0 Å². The number of hydrogen-bond acceptors (Lipinski definition) is 3. The van der Waals surface area contributed by atoms with Crippen LogP contribution in [0.5, 0.6) is 0 Å². The summed E-state index contributed by atoms with van der Waals surface area (Å²) in [5.74, 6) is -0.488. The molecule has 0 unspecified atom stereocenters. The van der Waals surface area contributed by atoms with Crippen molar-refractivity contribution in [1.29, 1.82) is 0 Å². The summed E-state index contributed by atoms with van der Waals surface area (Å²) in [6.45, 7) is 4.67. The van der Waals surface area contributed by atoms with Gasteiger partial charge in [0.2, 0.25) is 17.7 Å². The summed E-state index contributed by atoms with van der Waals surface area (Å²) < 4.78 is 0. The minimum Gasteiger partial charge on any atom is -0.339 e. The van der Waals surface area contributed by atoms with Crippen LogP contribution in [-0.4, -0.2) is 60.2 Å². The molecule has 0 aliphatic carbocycles. The lowest BCUT2D eigenvalue weighted by Gasteiger charge is -2.35. The molecule has 1 heterocycles. The van der Waals surface area contributed by atoms with Crippen LogP contribution in [0.4, 0.5) is 5.69 Å². The number of hydrogen-bond donors (Lipinski definition) is 0. The Hall–Kier alpha value is -1.79. The summed E-state index contributed by atoms with van der Waals surface area (Å²) in [7, 11) is 0. The lowest BCUT2D eigenvalue weighted by molar-refractivity contribution is -0.137. The third-order valence-corrected chi connectivity index (χ3v) is 4.50. The van der Waals surface area contributed by atoms with Crippen LogP contribution in [0.3, 0.4) is 0 Å². The van der Waals surface area contributed by atoms with Crippen LogP contribution in [-0.2, 0) is 14.4 Å². The summed E-state index contributed by atoms with van der Waals surface area (Å²) in [4.78, 5) is 40.5. The highest BCUT2D eigenvalue weighted by molar-refractivity contribution is 6.35. The van der Waals surface area contributed by atoms with Crippen molar-refractivity contribution in [3.05, 3.63) is 28.2 Å². The van der Waals surface area contributed by atoms with E-state index in [-0.39, 0.29) is 24.3 Å². The van der Waals surface area contributed by atoms with E-state index in [9.17, 15) is 14.4 Å². The molecule has 0 radical (unpaired) electrons. The maximum Gasteiger partial charge on any atom is 0.242 e. The molecule has 0 atom stereocenters. The van der Waals surface area contributed by atoms with Gasteiger partial charge in [0.1, 0.15) is 6.54 Å². The summed E-state index contributed by atoms with van der Waals surface area (Å²) in [6, 6.07) is 4.77. The maximum absolute atomic E-state index is 12.5. The van der Waals surface area contributed by atoms with Crippen molar-refractivity contribution >= 4 is 46.6 Å². The van der Waals surface area contributed by atoms with Gasteiger partial charge in [-0.3, -0.25) is 14.4 Å². The predicted molar refractivity (Wildman–Crippen MR) is 93.3 cm³/mol. The van der Waals surface area contributed by atoms with E-state index in [1.807, 2.05) is 0 Å². The van der Waals surface area contributed by atoms with Crippen LogP contribution in [0.2, 0.25) is 10.0 Å². The molecule has 3 amide bonds. The molecule has 1 saturated heterocycles. The van der Waals surface area contributed by atoms with E-state index in [2.05, 4.69) is 0 Å². The molecule has 0 N–H and O–H groups in total. The van der Waals surface area contributed by atoms with Gasteiger partial charge in [-0.25, -0.2) is 0 Å². The van der Waals surface area contributed by atoms with Gasteiger partial charge in [-0.15, -0.1) is 0 Å². The number of amides is 3. The first kappa shape index (κ1) is 18.5. The highest BCUT2D eigenvalue weighted by atomic mass is 35.5. The van der Waals surface area contributed by atoms with Crippen molar-refractivity contribution in [3.8, 4) is 0 Å². The maximum atomic E-state index is 12.5. The van der Waals surface area contributed by atoms with E-state index < -0.39 is 0 Å². The smallest absolute Gasteiger partial charge is 0.242 e. The second-order valence-corrected chi connectivity index (χ2v) is 6.43. The Kier molecular flexibility index (Phi) is 6.07. The van der Waals surface area contributed by atoms with E-state index in [0.717, 1.165) is 0 Å². The molecule has 24 heavy (non-hydrogen) atoms. The molecule has 1 fully saturated rings. The van der Waals surface area contributed by atoms with Gasteiger partial charge in [0.05, 0.1) is 10.7 Å². The Morgan fingerprint density at radius 3 is 2.17 bits per heavy atom. The van der Waals surface area contributed by atoms with Gasteiger partial charge in [-0.2, -0.15) is 0 Å². The van der Waals surface area contributed by atoms with Gasteiger partial charge in [-0.05, 0) is 18.2 Å². The van der Waals surface area contributed by atoms with Crippen LogP contribution in [0, 0.1) is 0 Å². The quantitative estimate of drug-likeness (QED) is 0.816. The summed E-state index contributed by atoms with van der Waals surface area (Å²) in [6.07, 6.45) is 0. The van der Waals surface area contributed by atoms with Crippen LogP contribution in [0.15, 0.2) is 18.2 Å². The highest BCUT2D eigenvalue weighted by Crippen LogP contribution is 2.29. The van der Waals surface area contributed by atoms with E-state index in [4.69, 9.17) is 23.2 Å². The first-order valence-corrected chi connectivity index (χ1v) is 8.31. The molecule has 6 nitrogen and oxygen atoms in total. The number of benzene rings is 1. The molecule has 0 aromatic heterocycles. The summed E-state index contributed by atoms with van der Waals surface area (Å²) >= 11 is 12.1. The van der Waals surface area contributed by atoms with E-state index in [1.54, 1.807) is 28.0 Å². The topological polar surface area (TPSA) is 60.9 Å². The lowest BCUT2D eigenvalue weighted by Crippen LogP contribution is -2.52. The molecule has 1 aliphatic rings. The van der Waals surface area contributed by atoms with Gasteiger partial charge in [0.25, 0.3) is 0 Å². The SMILES string of the molecule is CC(=O)N1CCN(C(=O)CN(C(C)=O)c2cc(Cl)ccc2Cl)CC1. The average molecular weight is 372 g/mol. The highest BCUT2D eigenvalue weighted by Gasteiger charge is 2.26. The van der Waals surface area contributed by atoms with Gasteiger partial charge in [0.15, 0.2) is 0 Å². The fraction of sp³-hybridized carbons (Fsp3) is 0.438. The Morgan fingerprint density at radius 1 is 1.04 bits per heavy atom. The Labute approximate surface area is 150 Å². The van der Waals surface area contributed by atoms with Crippen molar-refractivity contribution in [2.24, 2.45) is 0 Å². The van der Waals surface area contributed by atoms with Crippen molar-refractivity contribution in [2.75, 3.05) is 37.6 Å². The van der Waals surface area contributed by atoms with Crippen molar-refractivity contribution in [2.45, 2.75) is 13.8 Å². The number of anilines is 1. The molecular weight excluding hydrogens is 353 g/mol. The van der Waals surface area contributed by atoms with Crippen molar-refractivity contribution in [3.63, 3.8) is 0 Å². The van der Waals surface area contributed by atoms with Gasteiger partial charge in [0, 0.05) is 45.0 Å². The van der Waals surface area contributed by atoms with Crippen LogP contribution < -0.4 is 4.90 Å². The van der Waals surface area contributed by atoms with E-state index in [0.29, 0.717) is 41.9 Å². The molecule has 1 aromatic carbocycles. The third kappa shape index (κ3) is 4.39. The number of nitrogens with zero attached hydrogens (tertiary/aromatic N) is 3. The fourth-order valence-electron chi connectivity index (χ4n) is 2.56. The molecule has 1 aromatic rings. The molecule has 0 saturated carbocycles. The number of rotatable bonds is 3. The standard InChI is InChI=1S/C16H19Cl2N3O3/c1-11(22)19-5-7-20(8-6-19)16(24)10-21(12(2)23)15-9-13(17)3-4-14(15)18/h3-4,9H,5-8,10H2,1-2H3. The zero-order valence-corrected chi connectivity index (χ0v) is 15.1. The first-order chi connectivity index (χ1) is 11.3. The zero-order chi connectivity index (χ0) is 17.9. The van der Waals surface area contributed by atoms with Crippen LogP contribution in [0.25, 0.3) is 0 Å². The van der Waals surface area contributed by atoms with Crippen molar-refractivity contribution in [1.82, 2.24) is 9.80 Å². The van der Waals surface area contributed by atoms with E-state index in [1.165, 1.54) is 18.7 Å². The number of carbonyl (C=O) groups excluding carboxylic acids is 3. The Balaban J connectivity index is 2.09. The molecule has 130 valence electrons. The summed E-state index contributed by atoms with van der Waals surface area (Å²) in [5, 5.41) is 0.784. The molecular formula is C16H19Cl2N3O3. The minimum atomic E-state index is -0.296. The van der Waals surface area contributed by atoms with Crippen LogP contribution >= 0.6 is 23.2 Å². The molecule has 1 aliphatic heterocycles. The largest absolute Gasteiger partial charge is 0.339 e. The molecule has 0 bridgehead atoms. The molecule has 2 rings (SSSR count). The van der Waals surface area contributed by atoms with E-state index >= 15 is 0 Å². The minimum absolute atomic E-state index is 0.00169. The number of piperazine rings is 1. The van der Waals surface area contributed by atoms with Crippen LogP contribution in [0.1, 0.15) is 13.8 Å². The second kappa shape index (κ2) is 7.85. The molecule has 0 spiro atoms. The second-order valence-electron chi connectivity index (χ2n) is 5.59. The predicted octanol–water partition coefficient (Wildman–Crippen LogP) is 2.04.